The molecular weight excluding hydrogens is 421 g/mol. The SMILES string of the molecule is Cc1ccc2c(c1O)c(-c1ccc(C(=O)O)cc1)c(C1CCOCC1)n2-c1ccc(F)cc1. The van der Waals surface area contributed by atoms with Crippen molar-refractivity contribution >= 4 is 16.9 Å². The maximum absolute atomic E-state index is 13.7. The van der Waals surface area contributed by atoms with Crippen molar-refractivity contribution in [2.75, 3.05) is 13.2 Å². The second kappa shape index (κ2) is 8.37. The lowest BCUT2D eigenvalue weighted by atomic mass is 9.89. The van der Waals surface area contributed by atoms with E-state index in [9.17, 15) is 19.4 Å². The maximum atomic E-state index is 13.7. The second-order valence-electron chi connectivity index (χ2n) is 8.47. The van der Waals surface area contributed by atoms with Gasteiger partial charge in [-0.25, -0.2) is 9.18 Å². The summed E-state index contributed by atoms with van der Waals surface area (Å²) in [5.41, 5.74) is 5.30. The molecule has 0 atom stereocenters. The third kappa shape index (κ3) is 3.66. The van der Waals surface area contributed by atoms with Crippen LogP contribution in [-0.2, 0) is 4.74 Å². The first-order valence-corrected chi connectivity index (χ1v) is 11.0. The average molecular weight is 445 g/mol. The summed E-state index contributed by atoms with van der Waals surface area (Å²) in [6, 6.07) is 17.0. The highest BCUT2D eigenvalue weighted by atomic mass is 19.1. The van der Waals surface area contributed by atoms with Crippen LogP contribution in [0.2, 0.25) is 0 Å². The van der Waals surface area contributed by atoms with E-state index in [1.807, 2.05) is 19.1 Å². The average Bonchev–Trinajstić information content (AvgIpc) is 3.18. The highest BCUT2D eigenvalue weighted by molar-refractivity contribution is 6.04. The van der Waals surface area contributed by atoms with Gasteiger partial charge in [0, 0.05) is 36.1 Å². The number of fused-ring (bicyclic) bond motifs is 1. The number of ether oxygens (including phenoxy) is 1. The largest absolute Gasteiger partial charge is 0.507 e. The highest BCUT2D eigenvalue weighted by Gasteiger charge is 2.29. The van der Waals surface area contributed by atoms with Gasteiger partial charge in [-0.3, -0.25) is 0 Å². The number of carbonyl (C=O) groups is 1. The van der Waals surface area contributed by atoms with Gasteiger partial charge in [0.15, 0.2) is 0 Å². The number of rotatable bonds is 4. The van der Waals surface area contributed by atoms with Crippen LogP contribution >= 0.6 is 0 Å². The summed E-state index contributed by atoms with van der Waals surface area (Å²) in [7, 11) is 0. The van der Waals surface area contributed by atoms with Crippen LogP contribution in [0.3, 0.4) is 0 Å². The Morgan fingerprint density at radius 3 is 2.30 bits per heavy atom. The van der Waals surface area contributed by atoms with E-state index < -0.39 is 5.97 Å². The summed E-state index contributed by atoms with van der Waals surface area (Å²) in [5, 5.41) is 21.2. The van der Waals surface area contributed by atoms with Crippen molar-refractivity contribution < 1.29 is 24.1 Å². The number of nitrogens with zero attached hydrogens (tertiary/aromatic N) is 1. The topological polar surface area (TPSA) is 71.7 Å². The van der Waals surface area contributed by atoms with Crippen molar-refractivity contribution in [3.63, 3.8) is 0 Å². The molecule has 2 heterocycles. The van der Waals surface area contributed by atoms with Crippen molar-refractivity contribution in [1.82, 2.24) is 4.57 Å². The minimum atomic E-state index is -0.987. The van der Waals surface area contributed by atoms with Gasteiger partial charge in [-0.05, 0) is 73.4 Å². The summed E-state index contributed by atoms with van der Waals surface area (Å²) in [5.74, 6) is -0.950. The lowest BCUT2D eigenvalue weighted by Gasteiger charge is -2.26. The molecule has 33 heavy (non-hydrogen) atoms. The van der Waals surface area contributed by atoms with Crippen LogP contribution in [0.5, 0.6) is 5.75 Å². The first kappa shape index (κ1) is 21.2. The van der Waals surface area contributed by atoms with E-state index in [2.05, 4.69) is 4.57 Å². The Bertz CT molecular complexity index is 1330. The van der Waals surface area contributed by atoms with E-state index >= 15 is 0 Å². The number of carboxylic acids is 1. The highest BCUT2D eigenvalue weighted by Crippen LogP contribution is 2.47. The Labute approximate surface area is 190 Å². The van der Waals surface area contributed by atoms with Crippen LogP contribution in [0.4, 0.5) is 4.39 Å². The molecule has 3 aromatic carbocycles. The maximum Gasteiger partial charge on any atom is 0.335 e. The van der Waals surface area contributed by atoms with E-state index in [1.165, 1.54) is 12.1 Å². The van der Waals surface area contributed by atoms with E-state index in [0.29, 0.717) is 18.6 Å². The molecule has 1 fully saturated rings. The number of aromatic nitrogens is 1. The number of carboxylic acid groups (broad SMARTS) is 1. The predicted molar refractivity (Wildman–Crippen MR) is 125 cm³/mol. The summed E-state index contributed by atoms with van der Waals surface area (Å²) < 4.78 is 21.5. The van der Waals surface area contributed by atoms with Crippen LogP contribution in [0.15, 0.2) is 60.7 Å². The number of phenolic OH excluding ortho intramolecular Hbond substituents is 1. The Hall–Kier alpha value is -3.64. The van der Waals surface area contributed by atoms with Crippen LogP contribution in [0.25, 0.3) is 27.7 Å². The molecule has 0 unspecified atom stereocenters. The molecule has 1 aliphatic heterocycles. The van der Waals surface area contributed by atoms with Gasteiger partial charge in [-0.15, -0.1) is 0 Å². The zero-order valence-electron chi connectivity index (χ0n) is 18.2. The van der Waals surface area contributed by atoms with E-state index in [-0.39, 0.29) is 23.0 Å². The Morgan fingerprint density at radius 1 is 1.00 bits per heavy atom. The van der Waals surface area contributed by atoms with Crippen molar-refractivity contribution in [2.24, 2.45) is 0 Å². The monoisotopic (exact) mass is 445 g/mol. The minimum absolute atomic E-state index is 0.157. The number of aromatic hydroxyl groups is 1. The summed E-state index contributed by atoms with van der Waals surface area (Å²) >= 11 is 0. The van der Waals surface area contributed by atoms with Gasteiger partial charge in [-0.1, -0.05) is 18.2 Å². The van der Waals surface area contributed by atoms with Gasteiger partial charge in [0.1, 0.15) is 11.6 Å². The molecule has 168 valence electrons. The van der Waals surface area contributed by atoms with Crippen molar-refractivity contribution in [3.8, 4) is 22.6 Å². The quantitative estimate of drug-likeness (QED) is 0.402. The zero-order valence-corrected chi connectivity index (χ0v) is 18.2. The number of aromatic carboxylic acids is 1. The summed E-state index contributed by atoms with van der Waals surface area (Å²) in [6.45, 7) is 3.13. The molecule has 0 bridgehead atoms. The van der Waals surface area contributed by atoms with Gasteiger partial charge in [0.05, 0.1) is 16.5 Å². The van der Waals surface area contributed by atoms with Crippen molar-refractivity contribution in [1.29, 1.82) is 0 Å². The predicted octanol–water partition coefficient (Wildman–Crippen LogP) is 6.04. The Kier molecular flexibility index (Phi) is 5.38. The number of phenols is 1. The number of hydrogen-bond donors (Lipinski definition) is 2. The molecule has 0 amide bonds. The van der Waals surface area contributed by atoms with Gasteiger partial charge in [0.2, 0.25) is 0 Å². The molecule has 1 saturated heterocycles. The Morgan fingerprint density at radius 2 is 1.67 bits per heavy atom. The van der Waals surface area contributed by atoms with Crippen molar-refractivity contribution in [2.45, 2.75) is 25.7 Å². The van der Waals surface area contributed by atoms with Crippen LogP contribution < -0.4 is 0 Å². The molecule has 4 aromatic rings. The minimum Gasteiger partial charge on any atom is -0.507 e. The molecule has 5 rings (SSSR count). The molecule has 0 saturated carbocycles. The van der Waals surface area contributed by atoms with E-state index in [0.717, 1.165) is 46.4 Å². The van der Waals surface area contributed by atoms with Gasteiger partial charge >= 0.3 is 5.97 Å². The molecule has 6 heteroatoms. The number of aryl methyl sites for hydroxylation is 1. The molecule has 0 spiro atoms. The summed E-state index contributed by atoms with van der Waals surface area (Å²) in [4.78, 5) is 11.4. The molecule has 2 N–H and O–H groups in total. The molecule has 0 radical (unpaired) electrons. The second-order valence-corrected chi connectivity index (χ2v) is 8.47. The fourth-order valence-corrected chi connectivity index (χ4v) is 4.78. The molecule has 0 aliphatic carbocycles. The third-order valence-corrected chi connectivity index (χ3v) is 6.46. The van der Waals surface area contributed by atoms with Gasteiger partial charge in [0.25, 0.3) is 0 Å². The number of hydrogen-bond acceptors (Lipinski definition) is 3. The number of benzene rings is 3. The van der Waals surface area contributed by atoms with E-state index in [4.69, 9.17) is 4.74 Å². The zero-order chi connectivity index (χ0) is 23.1. The normalized spacial score (nSPS) is 14.6. The van der Waals surface area contributed by atoms with Crippen LogP contribution in [0.1, 0.15) is 40.4 Å². The van der Waals surface area contributed by atoms with Gasteiger partial charge < -0.3 is 19.5 Å². The fourth-order valence-electron chi connectivity index (χ4n) is 4.78. The molecule has 1 aliphatic rings. The lowest BCUT2D eigenvalue weighted by Crippen LogP contribution is -2.17. The molecular formula is C27H24FNO4. The van der Waals surface area contributed by atoms with Crippen LogP contribution in [0, 0.1) is 12.7 Å². The van der Waals surface area contributed by atoms with Gasteiger partial charge in [-0.2, -0.15) is 0 Å². The lowest BCUT2D eigenvalue weighted by molar-refractivity contribution is 0.0697. The summed E-state index contributed by atoms with van der Waals surface area (Å²) in [6.07, 6.45) is 1.63. The number of halogens is 1. The third-order valence-electron chi connectivity index (χ3n) is 6.46. The van der Waals surface area contributed by atoms with Crippen LogP contribution in [-0.4, -0.2) is 34.0 Å². The Balaban J connectivity index is 1.88. The smallest absolute Gasteiger partial charge is 0.335 e. The van der Waals surface area contributed by atoms with E-state index in [1.54, 1.807) is 36.4 Å². The molecule has 5 nitrogen and oxygen atoms in total. The molecule has 1 aromatic heterocycles. The van der Waals surface area contributed by atoms with Crippen molar-refractivity contribution in [3.05, 3.63) is 83.3 Å². The first-order chi connectivity index (χ1) is 16.0. The fraction of sp³-hybridized carbons (Fsp3) is 0.222. The standard InChI is InChI=1S/C27H24FNO4/c1-16-2-11-22-24(26(16)30)23(17-3-5-19(6-4-17)27(31)32)25(18-12-14-33-15-13-18)29(22)21-9-7-20(28)8-10-21/h2-11,18,30H,12-15H2,1H3,(H,31,32). The first-order valence-electron chi connectivity index (χ1n) is 11.0.